The fourth-order valence-electron chi connectivity index (χ4n) is 1.60. The smallest absolute Gasteiger partial charge is 0.399 e. The third-order valence-electron chi connectivity index (χ3n) is 2.78. The maximum Gasteiger partial charge on any atom is 1.00 e. The zero-order chi connectivity index (χ0) is 12.7. The van der Waals surface area contributed by atoms with Gasteiger partial charge in [0.05, 0.1) is 0 Å². The van der Waals surface area contributed by atoms with Crippen molar-refractivity contribution in [3.05, 3.63) is 29.8 Å². The molecule has 18 heavy (non-hydrogen) atoms. The normalized spacial score (nSPS) is 9.94. The van der Waals surface area contributed by atoms with Crippen LogP contribution in [0.4, 0.5) is 5.69 Å². The van der Waals surface area contributed by atoms with E-state index in [0.717, 1.165) is 19.6 Å². The highest BCUT2D eigenvalue weighted by molar-refractivity contribution is 5.94. The second kappa shape index (κ2) is 8.78. The first-order chi connectivity index (χ1) is 8.17. The first-order valence-corrected chi connectivity index (χ1v) is 6.03. The average molecular weight is 273 g/mol. The molecule has 1 aromatic carbocycles. The van der Waals surface area contributed by atoms with Crippen molar-refractivity contribution in [3.63, 3.8) is 0 Å². The number of halogens is 1. The topological polar surface area (TPSA) is 58.4 Å². The molecule has 0 unspecified atom stereocenters. The molecular formula is C13H23ClN3O+. The van der Waals surface area contributed by atoms with Crippen LogP contribution < -0.4 is 11.1 Å². The van der Waals surface area contributed by atoms with Crippen molar-refractivity contribution < 1.29 is 6.22 Å². The first-order valence-electron chi connectivity index (χ1n) is 6.03. The summed E-state index contributed by atoms with van der Waals surface area (Å²) in [5.74, 6) is -0.0443. The van der Waals surface area contributed by atoms with Gasteiger partial charge in [-0.05, 0) is 37.4 Å². The van der Waals surface area contributed by atoms with E-state index in [2.05, 4.69) is 24.1 Å². The summed E-state index contributed by atoms with van der Waals surface area (Å²) >= 11 is 0. The number of hydrogen-bond acceptors (Lipinski definition) is 3. The second-order valence-electron chi connectivity index (χ2n) is 3.90. The Labute approximate surface area is 116 Å². The Bertz CT molecular complexity index is 355. The largest absolute Gasteiger partial charge is 1.00 e. The SMILES string of the molecule is CCN(CC)CCNC(=O)c1ccc(N)cc1.Cl.[H+]. The number of nitrogen functional groups attached to an aromatic ring is 1. The lowest BCUT2D eigenvalue weighted by Crippen LogP contribution is -2.34. The molecule has 1 aromatic rings. The third-order valence-corrected chi connectivity index (χ3v) is 2.78. The van der Waals surface area contributed by atoms with Gasteiger partial charge in [0.2, 0.25) is 0 Å². The number of amides is 1. The Morgan fingerprint density at radius 2 is 1.83 bits per heavy atom. The van der Waals surface area contributed by atoms with Crippen LogP contribution in [0.3, 0.4) is 0 Å². The third kappa shape index (κ3) is 5.38. The van der Waals surface area contributed by atoms with Crippen molar-refractivity contribution in [2.24, 2.45) is 0 Å². The molecule has 0 radical (unpaired) electrons. The summed E-state index contributed by atoms with van der Waals surface area (Å²) < 4.78 is 0. The van der Waals surface area contributed by atoms with Gasteiger partial charge in [-0.15, -0.1) is 12.4 Å². The van der Waals surface area contributed by atoms with Gasteiger partial charge >= 0.3 is 1.43 Å². The molecule has 0 aliphatic heterocycles. The van der Waals surface area contributed by atoms with E-state index in [4.69, 9.17) is 5.73 Å². The van der Waals surface area contributed by atoms with Crippen LogP contribution in [0.15, 0.2) is 24.3 Å². The first kappa shape index (κ1) is 16.7. The zero-order valence-corrected chi connectivity index (χ0v) is 11.8. The molecule has 0 atom stereocenters. The van der Waals surface area contributed by atoms with E-state index in [-0.39, 0.29) is 19.7 Å². The molecule has 4 nitrogen and oxygen atoms in total. The number of nitrogens with two attached hydrogens (primary N) is 1. The molecule has 0 bridgehead atoms. The van der Waals surface area contributed by atoms with E-state index < -0.39 is 0 Å². The Morgan fingerprint density at radius 1 is 1.28 bits per heavy atom. The number of nitrogens with one attached hydrogen (secondary N) is 1. The van der Waals surface area contributed by atoms with Gasteiger partial charge < -0.3 is 16.0 Å². The molecule has 0 aliphatic carbocycles. The lowest BCUT2D eigenvalue weighted by atomic mass is 10.2. The molecule has 1 amide bonds. The lowest BCUT2D eigenvalue weighted by Gasteiger charge is -2.17. The number of likely N-dealkylation sites (N-methyl/N-ethyl adjacent to an activating group) is 1. The number of carbonyl (C=O) groups excluding carboxylic acids is 1. The van der Waals surface area contributed by atoms with E-state index in [9.17, 15) is 4.79 Å². The number of hydrogen-bond donors (Lipinski definition) is 2. The monoisotopic (exact) mass is 272 g/mol. The van der Waals surface area contributed by atoms with Gasteiger partial charge in [-0.25, -0.2) is 0 Å². The van der Waals surface area contributed by atoms with Gasteiger partial charge in [0.1, 0.15) is 0 Å². The Hall–Kier alpha value is -1.26. The van der Waals surface area contributed by atoms with Crippen LogP contribution in [0.1, 0.15) is 25.6 Å². The highest BCUT2D eigenvalue weighted by atomic mass is 35.5. The number of benzene rings is 1. The Kier molecular flexibility index (Phi) is 8.16. The van der Waals surface area contributed by atoms with Crippen molar-refractivity contribution in [2.45, 2.75) is 13.8 Å². The minimum Gasteiger partial charge on any atom is -0.399 e. The van der Waals surface area contributed by atoms with Crippen molar-refractivity contribution in [3.8, 4) is 0 Å². The summed E-state index contributed by atoms with van der Waals surface area (Å²) in [5, 5.41) is 2.90. The minimum absolute atomic E-state index is 0. The van der Waals surface area contributed by atoms with E-state index in [1.165, 1.54) is 0 Å². The number of nitrogens with zero attached hydrogens (tertiary/aromatic N) is 1. The maximum absolute atomic E-state index is 11.7. The second-order valence-corrected chi connectivity index (χ2v) is 3.90. The van der Waals surface area contributed by atoms with Gasteiger partial charge in [0, 0.05) is 24.3 Å². The number of anilines is 1. The molecule has 1 rings (SSSR count). The summed E-state index contributed by atoms with van der Waals surface area (Å²) in [4.78, 5) is 14.0. The molecular weight excluding hydrogens is 250 g/mol. The number of rotatable bonds is 6. The average Bonchev–Trinajstić information content (AvgIpc) is 2.35. The van der Waals surface area contributed by atoms with Crippen molar-refractivity contribution in [1.82, 2.24) is 10.2 Å². The molecule has 0 saturated carbocycles. The lowest BCUT2D eigenvalue weighted by molar-refractivity contribution is 0.0949. The molecule has 102 valence electrons. The summed E-state index contributed by atoms with van der Waals surface area (Å²) in [6.45, 7) is 7.80. The van der Waals surface area contributed by atoms with E-state index in [1.54, 1.807) is 24.3 Å². The van der Waals surface area contributed by atoms with Crippen molar-refractivity contribution >= 4 is 24.0 Å². The van der Waals surface area contributed by atoms with Crippen molar-refractivity contribution in [1.29, 1.82) is 0 Å². The van der Waals surface area contributed by atoms with E-state index >= 15 is 0 Å². The Morgan fingerprint density at radius 3 is 2.33 bits per heavy atom. The predicted molar refractivity (Wildman–Crippen MR) is 79.3 cm³/mol. The molecule has 5 heteroatoms. The summed E-state index contributed by atoms with van der Waals surface area (Å²) in [6, 6.07) is 6.95. The van der Waals surface area contributed by atoms with Crippen LogP contribution in [-0.4, -0.2) is 37.0 Å². The molecule has 0 heterocycles. The fraction of sp³-hybridized carbons (Fsp3) is 0.462. The van der Waals surface area contributed by atoms with Gasteiger partial charge in [0.25, 0.3) is 5.91 Å². The van der Waals surface area contributed by atoms with Crippen LogP contribution in [0.25, 0.3) is 0 Å². The predicted octanol–water partition coefficient (Wildman–Crippen LogP) is 1.87. The van der Waals surface area contributed by atoms with Gasteiger partial charge in [-0.1, -0.05) is 13.8 Å². The van der Waals surface area contributed by atoms with E-state index in [1.807, 2.05) is 0 Å². The van der Waals surface area contributed by atoms with Crippen molar-refractivity contribution in [2.75, 3.05) is 31.9 Å². The van der Waals surface area contributed by atoms with Crippen LogP contribution in [-0.2, 0) is 0 Å². The summed E-state index contributed by atoms with van der Waals surface area (Å²) in [5.41, 5.74) is 6.89. The molecule has 3 N–H and O–H groups in total. The van der Waals surface area contributed by atoms with Gasteiger partial charge in [0.15, 0.2) is 0 Å². The van der Waals surface area contributed by atoms with Crippen LogP contribution in [0.2, 0.25) is 0 Å². The number of carbonyl (C=O) groups is 1. The summed E-state index contributed by atoms with van der Waals surface area (Å²) in [6.07, 6.45) is 0. The van der Waals surface area contributed by atoms with E-state index in [0.29, 0.717) is 17.8 Å². The highest BCUT2D eigenvalue weighted by Gasteiger charge is 2.05. The quantitative estimate of drug-likeness (QED) is 0.778. The molecule has 0 aromatic heterocycles. The Balaban J connectivity index is 0. The molecule has 0 saturated heterocycles. The summed E-state index contributed by atoms with van der Waals surface area (Å²) in [7, 11) is 0. The molecule has 0 fully saturated rings. The van der Waals surface area contributed by atoms with Gasteiger partial charge in [-0.3, -0.25) is 4.79 Å². The minimum atomic E-state index is -0.0443. The van der Waals surface area contributed by atoms with Crippen LogP contribution in [0, 0.1) is 0 Å². The standard InChI is InChI=1S/C13H21N3O.ClH/c1-3-16(4-2)10-9-15-13(17)11-5-7-12(14)8-6-11;/h5-8H,3-4,9-10,14H2,1-2H3,(H,15,17);1H/p+1. The fourth-order valence-corrected chi connectivity index (χ4v) is 1.60. The zero-order valence-electron chi connectivity index (χ0n) is 12.0. The van der Waals surface area contributed by atoms with Crippen LogP contribution >= 0.6 is 12.4 Å². The van der Waals surface area contributed by atoms with Crippen LogP contribution in [0.5, 0.6) is 0 Å². The van der Waals surface area contributed by atoms with Gasteiger partial charge in [-0.2, -0.15) is 0 Å². The molecule has 0 aliphatic rings. The maximum atomic E-state index is 11.7. The molecule has 0 spiro atoms. The highest BCUT2D eigenvalue weighted by Crippen LogP contribution is 2.04.